The number of aromatic nitrogens is 1. The maximum absolute atomic E-state index is 12.5. The predicted octanol–water partition coefficient (Wildman–Crippen LogP) is 3.74. The number of benzene rings is 2. The van der Waals surface area contributed by atoms with Gasteiger partial charge < -0.3 is 20.1 Å². The molecule has 2 N–H and O–H groups in total. The first kappa shape index (κ1) is 19.9. The molecule has 0 aliphatic heterocycles. The Morgan fingerprint density at radius 3 is 2.31 bits per heavy atom. The van der Waals surface area contributed by atoms with Crippen molar-refractivity contribution in [1.82, 2.24) is 4.98 Å². The molecule has 0 radical (unpaired) electrons. The van der Waals surface area contributed by atoms with Gasteiger partial charge in [-0.3, -0.25) is 4.79 Å². The molecule has 29 heavy (non-hydrogen) atoms. The average molecular weight is 391 g/mol. The molecule has 0 aliphatic carbocycles. The van der Waals surface area contributed by atoms with E-state index in [4.69, 9.17) is 4.74 Å². The highest BCUT2D eigenvalue weighted by molar-refractivity contribution is 6.04. The molecule has 0 unspecified atom stereocenters. The van der Waals surface area contributed by atoms with E-state index in [-0.39, 0.29) is 5.91 Å². The standard InChI is InChI=1S/C22H21N3O4/c1-28-19-9-3-15(4-10-19)14-24-20-13-17(11-12-23-20)21(26)25-18-7-5-16(6-8-18)22(27)29-2/h3-13H,14H2,1-2H3,(H,23,24)(H,25,26). The lowest BCUT2D eigenvalue weighted by atomic mass is 10.2. The number of hydrogen-bond donors (Lipinski definition) is 2. The summed E-state index contributed by atoms with van der Waals surface area (Å²) in [4.78, 5) is 28.2. The quantitative estimate of drug-likeness (QED) is 0.597. The number of ether oxygens (including phenoxy) is 2. The van der Waals surface area contributed by atoms with Crippen molar-refractivity contribution in [3.63, 3.8) is 0 Å². The van der Waals surface area contributed by atoms with Crippen molar-refractivity contribution in [2.75, 3.05) is 24.9 Å². The molecule has 2 aromatic carbocycles. The molecule has 7 heteroatoms. The van der Waals surface area contributed by atoms with Crippen LogP contribution in [-0.4, -0.2) is 31.1 Å². The summed E-state index contributed by atoms with van der Waals surface area (Å²) in [6.07, 6.45) is 1.58. The summed E-state index contributed by atoms with van der Waals surface area (Å²) in [5.74, 6) is 0.690. The summed E-state index contributed by atoms with van der Waals surface area (Å²) >= 11 is 0. The lowest BCUT2D eigenvalue weighted by Crippen LogP contribution is -2.13. The molecule has 0 fully saturated rings. The molecule has 1 amide bonds. The van der Waals surface area contributed by atoms with Crippen LogP contribution in [0.5, 0.6) is 5.75 Å². The van der Waals surface area contributed by atoms with Gasteiger partial charge in [-0.05, 0) is 54.1 Å². The molecule has 0 bridgehead atoms. The van der Waals surface area contributed by atoms with Crippen molar-refractivity contribution >= 4 is 23.4 Å². The number of carbonyl (C=O) groups excluding carboxylic acids is 2. The summed E-state index contributed by atoms with van der Waals surface area (Å²) in [7, 11) is 2.95. The number of anilines is 2. The van der Waals surface area contributed by atoms with Gasteiger partial charge in [0.2, 0.25) is 0 Å². The highest BCUT2D eigenvalue weighted by atomic mass is 16.5. The van der Waals surface area contributed by atoms with Crippen LogP contribution in [0.15, 0.2) is 66.9 Å². The van der Waals surface area contributed by atoms with Crippen LogP contribution in [0.25, 0.3) is 0 Å². The van der Waals surface area contributed by atoms with E-state index in [2.05, 4.69) is 20.4 Å². The molecule has 3 aromatic rings. The Bertz CT molecular complexity index is 986. The largest absolute Gasteiger partial charge is 0.497 e. The Kier molecular flexibility index (Phi) is 6.42. The van der Waals surface area contributed by atoms with E-state index in [1.54, 1.807) is 49.7 Å². The van der Waals surface area contributed by atoms with Gasteiger partial charge in [-0.1, -0.05) is 12.1 Å². The van der Waals surface area contributed by atoms with Gasteiger partial charge in [0.25, 0.3) is 5.91 Å². The number of rotatable bonds is 7. The second kappa shape index (κ2) is 9.36. The minimum absolute atomic E-state index is 0.272. The molecule has 7 nitrogen and oxygen atoms in total. The lowest BCUT2D eigenvalue weighted by Gasteiger charge is -2.09. The number of pyridine rings is 1. The average Bonchev–Trinajstić information content (AvgIpc) is 2.78. The van der Waals surface area contributed by atoms with Crippen LogP contribution in [0.2, 0.25) is 0 Å². The second-order valence-electron chi connectivity index (χ2n) is 6.15. The molecule has 148 valence electrons. The maximum atomic E-state index is 12.5. The lowest BCUT2D eigenvalue weighted by molar-refractivity contribution is 0.0600. The van der Waals surface area contributed by atoms with E-state index >= 15 is 0 Å². The normalized spacial score (nSPS) is 10.1. The van der Waals surface area contributed by atoms with Crippen LogP contribution >= 0.6 is 0 Å². The monoisotopic (exact) mass is 391 g/mol. The Morgan fingerprint density at radius 2 is 1.66 bits per heavy atom. The topological polar surface area (TPSA) is 89.5 Å². The Hall–Kier alpha value is -3.87. The van der Waals surface area contributed by atoms with E-state index in [1.807, 2.05) is 24.3 Å². The van der Waals surface area contributed by atoms with Crippen LogP contribution in [0, 0.1) is 0 Å². The minimum Gasteiger partial charge on any atom is -0.497 e. The Morgan fingerprint density at radius 1 is 0.931 bits per heavy atom. The highest BCUT2D eigenvalue weighted by Gasteiger charge is 2.09. The van der Waals surface area contributed by atoms with Gasteiger partial charge in [-0.2, -0.15) is 0 Å². The van der Waals surface area contributed by atoms with Crippen LogP contribution in [-0.2, 0) is 11.3 Å². The van der Waals surface area contributed by atoms with Crippen molar-refractivity contribution in [3.8, 4) is 5.75 Å². The van der Waals surface area contributed by atoms with Gasteiger partial charge in [0.15, 0.2) is 0 Å². The van der Waals surface area contributed by atoms with Gasteiger partial charge >= 0.3 is 5.97 Å². The van der Waals surface area contributed by atoms with Crippen LogP contribution < -0.4 is 15.4 Å². The predicted molar refractivity (Wildman–Crippen MR) is 110 cm³/mol. The van der Waals surface area contributed by atoms with Gasteiger partial charge in [0.05, 0.1) is 19.8 Å². The van der Waals surface area contributed by atoms with Crippen LogP contribution in [0.3, 0.4) is 0 Å². The molecule has 0 spiro atoms. The fourth-order valence-electron chi connectivity index (χ4n) is 2.62. The SMILES string of the molecule is COC(=O)c1ccc(NC(=O)c2ccnc(NCc3ccc(OC)cc3)c2)cc1. The Balaban J connectivity index is 1.61. The van der Waals surface area contributed by atoms with E-state index < -0.39 is 5.97 Å². The molecular weight excluding hydrogens is 370 g/mol. The first-order valence-corrected chi connectivity index (χ1v) is 8.91. The summed E-state index contributed by atoms with van der Waals surface area (Å²) in [6.45, 7) is 0.567. The zero-order valence-electron chi connectivity index (χ0n) is 16.1. The number of nitrogens with zero attached hydrogens (tertiary/aromatic N) is 1. The van der Waals surface area contributed by atoms with Crippen molar-refractivity contribution < 1.29 is 19.1 Å². The minimum atomic E-state index is -0.426. The molecule has 0 saturated carbocycles. The number of carbonyl (C=O) groups is 2. The fraction of sp³-hybridized carbons (Fsp3) is 0.136. The maximum Gasteiger partial charge on any atom is 0.337 e. The van der Waals surface area contributed by atoms with Crippen molar-refractivity contribution in [3.05, 3.63) is 83.6 Å². The molecule has 3 rings (SSSR count). The number of amides is 1. The smallest absolute Gasteiger partial charge is 0.337 e. The molecule has 0 atom stereocenters. The first-order chi connectivity index (χ1) is 14.1. The molecule has 1 heterocycles. The first-order valence-electron chi connectivity index (χ1n) is 8.91. The number of hydrogen-bond acceptors (Lipinski definition) is 6. The Labute approximate surface area is 168 Å². The number of nitrogens with one attached hydrogen (secondary N) is 2. The van der Waals surface area contributed by atoms with E-state index in [1.165, 1.54) is 7.11 Å². The van der Waals surface area contributed by atoms with Crippen LogP contribution in [0.1, 0.15) is 26.3 Å². The molecule has 0 aliphatic rings. The van der Waals surface area contributed by atoms with Gasteiger partial charge in [0, 0.05) is 24.0 Å². The van der Waals surface area contributed by atoms with Crippen molar-refractivity contribution in [2.45, 2.75) is 6.54 Å². The van der Waals surface area contributed by atoms with Gasteiger partial charge in [0.1, 0.15) is 11.6 Å². The highest BCUT2D eigenvalue weighted by Crippen LogP contribution is 2.15. The van der Waals surface area contributed by atoms with Crippen LogP contribution in [0.4, 0.5) is 11.5 Å². The third kappa shape index (κ3) is 5.32. The summed E-state index contributed by atoms with van der Waals surface area (Å²) < 4.78 is 9.81. The number of esters is 1. The van der Waals surface area contributed by atoms with E-state index in [0.717, 1.165) is 11.3 Å². The summed E-state index contributed by atoms with van der Waals surface area (Å²) in [5.41, 5.74) is 2.52. The third-order valence-corrected chi connectivity index (χ3v) is 4.22. The van der Waals surface area contributed by atoms with Crippen molar-refractivity contribution in [2.24, 2.45) is 0 Å². The summed E-state index contributed by atoms with van der Waals surface area (Å²) in [5, 5.41) is 6.00. The zero-order chi connectivity index (χ0) is 20.6. The molecule has 1 aromatic heterocycles. The third-order valence-electron chi connectivity index (χ3n) is 4.22. The zero-order valence-corrected chi connectivity index (χ0v) is 16.1. The van der Waals surface area contributed by atoms with E-state index in [9.17, 15) is 9.59 Å². The summed E-state index contributed by atoms with van der Waals surface area (Å²) in [6, 6.07) is 17.5. The van der Waals surface area contributed by atoms with Crippen molar-refractivity contribution in [1.29, 1.82) is 0 Å². The fourth-order valence-corrected chi connectivity index (χ4v) is 2.62. The molecule has 0 saturated heterocycles. The van der Waals surface area contributed by atoms with Gasteiger partial charge in [-0.15, -0.1) is 0 Å². The van der Waals surface area contributed by atoms with E-state index in [0.29, 0.717) is 29.2 Å². The second-order valence-corrected chi connectivity index (χ2v) is 6.15. The van der Waals surface area contributed by atoms with Gasteiger partial charge in [-0.25, -0.2) is 9.78 Å². The number of methoxy groups -OCH3 is 2. The molecular formula is C22H21N3O4.